The number of aryl methyl sites for hydroxylation is 1. The van der Waals surface area contributed by atoms with E-state index < -0.39 is 46.5 Å². The molecule has 2 aliphatic rings. The summed E-state index contributed by atoms with van der Waals surface area (Å²) in [6, 6.07) is 5.73. The van der Waals surface area contributed by atoms with Crippen molar-refractivity contribution in [2.45, 2.75) is 101 Å². The van der Waals surface area contributed by atoms with Crippen LogP contribution in [0.3, 0.4) is 0 Å². The van der Waals surface area contributed by atoms with Crippen molar-refractivity contribution < 1.29 is 28.1 Å². The lowest BCUT2D eigenvalue weighted by molar-refractivity contribution is -0.142. The van der Waals surface area contributed by atoms with Gasteiger partial charge in [0.25, 0.3) is 0 Å². The summed E-state index contributed by atoms with van der Waals surface area (Å²) in [6.07, 6.45) is 6.28. The molecule has 11 heteroatoms. The van der Waals surface area contributed by atoms with Gasteiger partial charge in [0.1, 0.15) is 11.6 Å². The van der Waals surface area contributed by atoms with E-state index in [1.165, 1.54) is 11.0 Å². The molecule has 1 aromatic carbocycles. The maximum Gasteiger partial charge on any atom is 0.475 e. The molecule has 1 aromatic rings. The summed E-state index contributed by atoms with van der Waals surface area (Å²) in [6.45, 7) is 7.40. The second-order valence-electron chi connectivity index (χ2n) is 11.0. The predicted octanol–water partition coefficient (Wildman–Crippen LogP) is 2.15. The van der Waals surface area contributed by atoms with Gasteiger partial charge in [-0.3, -0.25) is 9.59 Å². The van der Waals surface area contributed by atoms with Gasteiger partial charge in [-0.25, -0.2) is 8.42 Å². The first-order chi connectivity index (χ1) is 17.4. The number of benzene rings is 1. The minimum Gasteiger partial charge on any atom is -0.426 e. The number of rotatable bonds is 11. The Hall–Kier alpha value is -1.95. The van der Waals surface area contributed by atoms with Crippen molar-refractivity contribution in [3.8, 4) is 0 Å². The number of hydrogen-bond acceptors (Lipinski definition) is 6. The zero-order valence-electron chi connectivity index (χ0n) is 22.4. The first-order valence-corrected chi connectivity index (χ1v) is 15.0. The number of carbonyl (C=O) groups is 2. The molecule has 0 spiro atoms. The molecule has 1 aliphatic carbocycles. The SMILES string of the molecule is CC[C@H](NC(=O)[C@H](CC1CCCCC1)N1CCC(NS(=O)(=O)c2cccc(C)c2)(C(C)C)C1=O)B(O)O. The van der Waals surface area contributed by atoms with Gasteiger partial charge in [-0.05, 0) is 55.7 Å². The van der Waals surface area contributed by atoms with Crippen molar-refractivity contribution in [2.75, 3.05) is 6.54 Å². The van der Waals surface area contributed by atoms with Crippen LogP contribution in [0.1, 0.15) is 77.7 Å². The molecule has 206 valence electrons. The second-order valence-corrected chi connectivity index (χ2v) is 12.7. The van der Waals surface area contributed by atoms with Gasteiger partial charge in [-0.15, -0.1) is 0 Å². The van der Waals surface area contributed by atoms with Crippen molar-refractivity contribution >= 4 is 29.0 Å². The van der Waals surface area contributed by atoms with Crippen molar-refractivity contribution in [3.05, 3.63) is 29.8 Å². The van der Waals surface area contributed by atoms with Gasteiger partial charge in [0.2, 0.25) is 21.8 Å². The van der Waals surface area contributed by atoms with E-state index in [1.54, 1.807) is 32.0 Å². The van der Waals surface area contributed by atoms with Gasteiger partial charge in [0.15, 0.2) is 0 Å². The smallest absolute Gasteiger partial charge is 0.426 e. The lowest BCUT2D eigenvalue weighted by Gasteiger charge is -2.36. The molecule has 0 aromatic heterocycles. The minimum atomic E-state index is -4.00. The highest BCUT2D eigenvalue weighted by atomic mass is 32.2. The second kappa shape index (κ2) is 12.3. The molecule has 0 bridgehead atoms. The fraction of sp³-hybridized carbons (Fsp3) is 0.692. The van der Waals surface area contributed by atoms with Crippen LogP contribution in [0.5, 0.6) is 0 Å². The highest BCUT2D eigenvalue weighted by Gasteiger charge is 2.54. The summed E-state index contributed by atoms with van der Waals surface area (Å²) in [4.78, 5) is 29.1. The van der Waals surface area contributed by atoms with Crippen LogP contribution in [0.25, 0.3) is 0 Å². The van der Waals surface area contributed by atoms with E-state index in [2.05, 4.69) is 10.0 Å². The zero-order valence-corrected chi connectivity index (χ0v) is 23.3. The summed E-state index contributed by atoms with van der Waals surface area (Å²) < 4.78 is 29.5. The molecule has 0 radical (unpaired) electrons. The van der Waals surface area contributed by atoms with E-state index in [1.807, 2.05) is 13.8 Å². The van der Waals surface area contributed by atoms with Crippen molar-refractivity contribution in [2.24, 2.45) is 11.8 Å². The van der Waals surface area contributed by atoms with Gasteiger partial charge in [0, 0.05) is 6.54 Å². The molecule has 37 heavy (non-hydrogen) atoms. The third kappa shape index (κ3) is 6.74. The maximum atomic E-state index is 14.0. The van der Waals surface area contributed by atoms with Crippen LogP contribution in [0.2, 0.25) is 0 Å². The monoisotopic (exact) mass is 535 g/mol. The predicted molar refractivity (Wildman–Crippen MR) is 143 cm³/mol. The normalized spacial score (nSPS) is 22.8. The van der Waals surface area contributed by atoms with Crippen molar-refractivity contribution in [1.82, 2.24) is 14.9 Å². The Morgan fingerprint density at radius 1 is 1.22 bits per heavy atom. The highest BCUT2D eigenvalue weighted by molar-refractivity contribution is 7.89. The van der Waals surface area contributed by atoms with E-state index in [9.17, 15) is 28.1 Å². The molecule has 1 aliphatic heterocycles. The van der Waals surface area contributed by atoms with E-state index in [0.29, 0.717) is 12.8 Å². The summed E-state index contributed by atoms with van der Waals surface area (Å²) in [7, 11) is -5.71. The molecule has 1 saturated heterocycles. The van der Waals surface area contributed by atoms with Crippen LogP contribution in [-0.4, -0.2) is 66.4 Å². The quantitative estimate of drug-likeness (QED) is 0.321. The third-order valence-corrected chi connectivity index (χ3v) is 9.59. The molecular weight excluding hydrogens is 493 g/mol. The average molecular weight is 536 g/mol. The molecule has 2 fully saturated rings. The minimum absolute atomic E-state index is 0.0954. The zero-order chi connectivity index (χ0) is 27.4. The largest absolute Gasteiger partial charge is 0.475 e. The molecular formula is C26H42BN3O6S. The average Bonchev–Trinajstić information content (AvgIpc) is 3.17. The number of amides is 2. The number of nitrogens with zero attached hydrogens (tertiary/aromatic N) is 1. The van der Waals surface area contributed by atoms with Crippen LogP contribution in [0.15, 0.2) is 29.2 Å². The number of carbonyl (C=O) groups excluding carboxylic acids is 2. The summed E-state index contributed by atoms with van der Waals surface area (Å²) in [5.74, 6) is -1.78. The molecule has 1 heterocycles. The molecule has 1 unspecified atom stereocenters. The standard InChI is InChI=1S/C26H42BN3O6S/c1-5-23(27(33)34)28-24(31)22(17-20-11-7-6-8-12-20)30-15-14-26(18(2)3,25(30)32)29-37(35,36)21-13-9-10-19(4)16-21/h9-10,13,16,18,20,22-23,29,33-34H,5-8,11-12,14-15,17H2,1-4H3,(H,28,31)/t22-,23-,26?/m0/s1. The van der Waals surface area contributed by atoms with E-state index in [4.69, 9.17) is 0 Å². The van der Waals surface area contributed by atoms with Crippen LogP contribution in [0.4, 0.5) is 0 Å². The van der Waals surface area contributed by atoms with Crippen LogP contribution >= 0.6 is 0 Å². The van der Waals surface area contributed by atoms with E-state index in [0.717, 1.165) is 37.7 Å². The van der Waals surface area contributed by atoms with E-state index >= 15 is 0 Å². The first-order valence-electron chi connectivity index (χ1n) is 13.5. The van der Waals surface area contributed by atoms with Gasteiger partial charge >= 0.3 is 7.12 Å². The van der Waals surface area contributed by atoms with Gasteiger partial charge < -0.3 is 20.3 Å². The number of likely N-dealkylation sites (tertiary alicyclic amines) is 1. The van der Waals surface area contributed by atoms with Gasteiger partial charge in [0.05, 0.1) is 10.8 Å². The fourth-order valence-corrected chi connectivity index (χ4v) is 7.29. The summed E-state index contributed by atoms with van der Waals surface area (Å²) in [5, 5.41) is 22.1. The summed E-state index contributed by atoms with van der Waals surface area (Å²) in [5.41, 5.74) is -0.587. The lowest BCUT2D eigenvalue weighted by Crippen LogP contribution is -2.60. The van der Waals surface area contributed by atoms with Gasteiger partial charge in [-0.2, -0.15) is 4.72 Å². The van der Waals surface area contributed by atoms with Crippen LogP contribution < -0.4 is 10.0 Å². The Kier molecular flexibility index (Phi) is 9.82. The summed E-state index contributed by atoms with van der Waals surface area (Å²) >= 11 is 0. The third-order valence-electron chi connectivity index (χ3n) is 8.08. The molecule has 9 nitrogen and oxygen atoms in total. The van der Waals surface area contributed by atoms with Crippen LogP contribution in [-0.2, 0) is 19.6 Å². The van der Waals surface area contributed by atoms with Crippen molar-refractivity contribution in [1.29, 1.82) is 0 Å². The number of hydrogen-bond donors (Lipinski definition) is 4. The Morgan fingerprint density at radius 3 is 2.46 bits per heavy atom. The maximum absolute atomic E-state index is 14.0. The topological polar surface area (TPSA) is 136 Å². The van der Waals surface area contributed by atoms with Crippen LogP contribution in [0, 0.1) is 18.8 Å². The lowest BCUT2D eigenvalue weighted by atomic mass is 9.77. The Labute approximate surface area is 221 Å². The van der Waals surface area contributed by atoms with Crippen molar-refractivity contribution in [3.63, 3.8) is 0 Å². The van der Waals surface area contributed by atoms with Gasteiger partial charge in [-0.1, -0.05) is 65.0 Å². The molecule has 3 rings (SSSR count). The Morgan fingerprint density at radius 2 is 1.89 bits per heavy atom. The first kappa shape index (κ1) is 29.6. The Bertz CT molecular complexity index is 1060. The fourth-order valence-electron chi connectivity index (χ4n) is 5.67. The number of nitrogens with one attached hydrogen (secondary N) is 2. The molecule has 2 amide bonds. The molecule has 3 atom stereocenters. The van der Waals surface area contributed by atoms with E-state index in [-0.39, 0.29) is 29.7 Å². The number of sulfonamides is 1. The molecule has 4 N–H and O–H groups in total. The Balaban J connectivity index is 1.91. The molecule has 1 saturated carbocycles. The highest BCUT2D eigenvalue weighted by Crippen LogP contribution is 2.36.